The summed E-state index contributed by atoms with van der Waals surface area (Å²) in [7, 11) is 2.71. The van der Waals surface area contributed by atoms with Gasteiger partial charge in [0.15, 0.2) is 11.7 Å². The molecule has 3 aromatic rings. The number of carbonyl (C=O) groups is 2. The lowest BCUT2D eigenvalue weighted by molar-refractivity contribution is -0.185. The first-order valence-corrected chi connectivity index (χ1v) is 12.0. The minimum atomic E-state index is -4.78. The fourth-order valence-corrected chi connectivity index (χ4v) is 4.35. The number of halogens is 4. The van der Waals surface area contributed by atoms with E-state index in [-0.39, 0.29) is 23.1 Å². The number of methoxy groups -OCH3 is 1. The van der Waals surface area contributed by atoms with E-state index in [2.05, 4.69) is 25.5 Å². The van der Waals surface area contributed by atoms with Gasteiger partial charge in [0.1, 0.15) is 29.5 Å². The minimum absolute atomic E-state index is 0.0270. The van der Waals surface area contributed by atoms with Crippen LogP contribution in [0.2, 0.25) is 0 Å². The van der Waals surface area contributed by atoms with Crippen LogP contribution >= 0.6 is 0 Å². The lowest BCUT2D eigenvalue weighted by Crippen LogP contribution is -2.43. The number of nitrogen functional groups attached to an aromatic ring is 1. The maximum absolute atomic E-state index is 14.8. The Hall–Kier alpha value is -4.74. The van der Waals surface area contributed by atoms with Gasteiger partial charge < -0.3 is 26.4 Å². The Kier molecular flexibility index (Phi) is 7.87. The van der Waals surface area contributed by atoms with Crippen molar-refractivity contribution in [1.29, 1.82) is 0 Å². The van der Waals surface area contributed by atoms with Crippen molar-refractivity contribution >= 4 is 29.0 Å². The molecule has 1 fully saturated rings. The van der Waals surface area contributed by atoms with Gasteiger partial charge in [-0.1, -0.05) is 0 Å². The number of amidine groups is 1. The summed E-state index contributed by atoms with van der Waals surface area (Å²) in [5.41, 5.74) is 13.3. The third kappa shape index (κ3) is 5.76. The van der Waals surface area contributed by atoms with Gasteiger partial charge in [0, 0.05) is 30.9 Å². The second-order valence-electron chi connectivity index (χ2n) is 9.29. The van der Waals surface area contributed by atoms with Gasteiger partial charge in [0.05, 0.1) is 25.4 Å². The van der Waals surface area contributed by atoms with Crippen LogP contribution in [0.15, 0.2) is 29.8 Å². The molecular weight excluding hydrogens is 554 g/mol. The van der Waals surface area contributed by atoms with Gasteiger partial charge in [0.25, 0.3) is 5.91 Å². The Labute approximate surface area is 230 Å². The molecule has 2 amide bonds. The number of fused-ring (bicyclic) bond motifs is 1. The topological polar surface area (TPSA) is 195 Å². The first-order chi connectivity index (χ1) is 19.2. The van der Waals surface area contributed by atoms with Crippen LogP contribution < -0.4 is 27.4 Å². The number of pyridine rings is 1. The first-order valence-electron chi connectivity index (χ1n) is 12.0. The fourth-order valence-electron chi connectivity index (χ4n) is 4.35. The molecule has 4 heterocycles. The molecule has 1 aliphatic rings. The van der Waals surface area contributed by atoms with Crippen molar-refractivity contribution in [3.63, 3.8) is 0 Å². The highest BCUT2D eigenvalue weighted by atomic mass is 19.4. The van der Waals surface area contributed by atoms with Crippen LogP contribution in [-0.4, -0.2) is 92.9 Å². The van der Waals surface area contributed by atoms with Gasteiger partial charge >= 0.3 is 6.18 Å². The van der Waals surface area contributed by atoms with Gasteiger partial charge in [-0.25, -0.2) is 29.8 Å². The van der Waals surface area contributed by atoms with Crippen molar-refractivity contribution in [3.05, 3.63) is 35.8 Å². The van der Waals surface area contributed by atoms with Crippen molar-refractivity contribution in [2.45, 2.75) is 25.3 Å². The Morgan fingerprint density at radius 2 is 1.95 bits per heavy atom. The van der Waals surface area contributed by atoms with Gasteiger partial charge in [-0.2, -0.15) is 18.3 Å². The average molecular weight is 582 g/mol. The third-order valence-electron chi connectivity index (χ3n) is 6.44. The molecule has 4 rings (SSSR count). The van der Waals surface area contributed by atoms with Crippen LogP contribution in [-0.2, 0) is 4.79 Å². The summed E-state index contributed by atoms with van der Waals surface area (Å²) in [6.07, 6.45) is -4.02. The van der Waals surface area contributed by atoms with E-state index >= 15 is 0 Å². The Bertz CT molecular complexity index is 1510. The number of hydrogen-bond acceptors (Lipinski definition) is 10. The summed E-state index contributed by atoms with van der Waals surface area (Å²) >= 11 is 0. The quantitative estimate of drug-likeness (QED) is 0.0990. The number of likely N-dealkylation sites (tertiary alicyclic amines) is 1. The van der Waals surface area contributed by atoms with Crippen LogP contribution in [0, 0.1) is 5.92 Å². The van der Waals surface area contributed by atoms with Gasteiger partial charge in [-0.3, -0.25) is 9.59 Å². The van der Waals surface area contributed by atoms with E-state index < -0.39 is 49.2 Å². The second kappa shape index (κ2) is 11.0. The number of nitrogens with zero attached hydrogens (tertiary/aromatic N) is 7. The van der Waals surface area contributed by atoms with Crippen molar-refractivity contribution in [3.8, 4) is 17.1 Å². The number of anilines is 1. The normalized spacial score (nSPS) is 18.4. The smallest absolute Gasteiger partial charge is 0.400 e. The molecule has 0 spiro atoms. The number of alkyl halides is 4. The molecule has 1 aliphatic heterocycles. The molecule has 1 saturated heterocycles. The maximum Gasteiger partial charge on any atom is 0.400 e. The predicted molar refractivity (Wildman–Crippen MR) is 138 cm³/mol. The number of carbonyl (C=O) groups excluding carboxylic acids is 2. The molecule has 0 saturated carbocycles. The SMILES string of the molecule is COc1ncc(-c2c(/C(N)=N/N(C)N)cc3c(N)ncnn23)cc1C(=O)NC1CN(C(=O)C(C)C(F)(F)F)CC1F. The van der Waals surface area contributed by atoms with E-state index in [1.165, 1.54) is 37.3 Å². The average Bonchev–Trinajstić information content (AvgIpc) is 3.48. The van der Waals surface area contributed by atoms with E-state index in [1.54, 1.807) is 6.07 Å². The number of nitrogens with two attached hydrogens (primary N) is 3. The zero-order valence-electron chi connectivity index (χ0n) is 22.1. The van der Waals surface area contributed by atoms with Crippen molar-refractivity contribution in [2.75, 3.05) is 33.0 Å². The Morgan fingerprint density at radius 3 is 2.59 bits per heavy atom. The van der Waals surface area contributed by atoms with E-state index in [0.717, 1.165) is 10.0 Å². The molecule has 14 nitrogen and oxygen atoms in total. The minimum Gasteiger partial charge on any atom is -0.480 e. The lowest BCUT2D eigenvalue weighted by atomic mass is 10.1. The van der Waals surface area contributed by atoms with Crippen molar-refractivity contribution in [2.24, 2.45) is 22.6 Å². The summed E-state index contributed by atoms with van der Waals surface area (Å²) < 4.78 is 60.4. The number of ether oxygens (including phenoxy) is 1. The molecule has 220 valence electrons. The van der Waals surface area contributed by atoms with Crippen LogP contribution in [0.1, 0.15) is 22.8 Å². The highest BCUT2D eigenvalue weighted by molar-refractivity contribution is 6.06. The number of aromatic nitrogens is 4. The number of nitrogens with one attached hydrogen (secondary N) is 1. The largest absolute Gasteiger partial charge is 0.480 e. The highest BCUT2D eigenvalue weighted by Crippen LogP contribution is 2.32. The van der Waals surface area contributed by atoms with Crippen molar-refractivity contribution in [1.82, 2.24) is 34.9 Å². The van der Waals surface area contributed by atoms with Crippen molar-refractivity contribution < 1.29 is 31.9 Å². The molecule has 18 heteroatoms. The van der Waals surface area contributed by atoms with Crippen LogP contribution in [0.4, 0.5) is 23.4 Å². The summed E-state index contributed by atoms with van der Waals surface area (Å²) in [5.74, 6) is 1.14. The predicted octanol–water partition coefficient (Wildman–Crippen LogP) is 0.285. The first kappa shape index (κ1) is 29.2. The number of hydrazone groups is 1. The number of rotatable bonds is 7. The molecule has 3 atom stereocenters. The Morgan fingerprint density at radius 1 is 1.24 bits per heavy atom. The molecule has 0 aromatic carbocycles. The standard InChI is InChI=1S/C23H27F4N11O3/c1-10(23(25,26)27)22(40)37-7-14(24)15(8-37)34-20(39)13-4-11(6-31-21(13)41-3)17-12(18(28)35-36(2)30)5-16-19(29)32-9-33-38(16)17/h4-6,9-10,14-15H,7-8,30H2,1-3H3,(H2,28,35)(H,34,39)(H2,29,32,33). The molecular formula is C23H27F4N11O3. The number of hydrazine groups is 1. The molecule has 41 heavy (non-hydrogen) atoms. The molecule has 3 unspecified atom stereocenters. The van der Waals surface area contributed by atoms with E-state index in [9.17, 15) is 27.2 Å². The van der Waals surface area contributed by atoms with E-state index in [0.29, 0.717) is 29.3 Å². The summed E-state index contributed by atoms with van der Waals surface area (Å²) in [6.45, 7) is -0.357. The monoisotopic (exact) mass is 581 g/mol. The zero-order valence-corrected chi connectivity index (χ0v) is 22.1. The van der Waals surface area contributed by atoms with E-state index in [4.69, 9.17) is 22.0 Å². The summed E-state index contributed by atoms with van der Waals surface area (Å²) in [5, 5.41) is 11.6. The number of hydrogen-bond donors (Lipinski definition) is 4. The highest BCUT2D eigenvalue weighted by Gasteiger charge is 2.46. The van der Waals surface area contributed by atoms with E-state index in [1.807, 2.05) is 0 Å². The van der Waals surface area contributed by atoms with Crippen LogP contribution in [0.5, 0.6) is 5.88 Å². The summed E-state index contributed by atoms with van der Waals surface area (Å²) in [4.78, 5) is 34.4. The van der Waals surface area contributed by atoms with Gasteiger partial charge in [0.2, 0.25) is 11.8 Å². The zero-order chi connectivity index (χ0) is 30.2. The third-order valence-corrected chi connectivity index (χ3v) is 6.44. The maximum atomic E-state index is 14.8. The van der Waals surface area contributed by atoms with Gasteiger partial charge in [-0.05, 0) is 19.1 Å². The summed E-state index contributed by atoms with van der Waals surface area (Å²) in [6, 6.07) is 1.66. The van der Waals surface area contributed by atoms with Crippen LogP contribution in [0.25, 0.3) is 16.8 Å². The molecule has 3 aromatic heterocycles. The van der Waals surface area contributed by atoms with Crippen LogP contribution in [0.3, 0.4) is 0 Å². The fraction of sp³-hybridized carbons (Fsp3) is 0.391. The molecule has 7 N–H and O–H groups in total. The molecule has 0 bridgehead atoms. The lowest BCUT2D eigenvalue weighted by Gasteiger charge is -2.22. The Balaban J connectivity index is 1.69. The van der Waals surface area contributed by atoms with Gasteiger partial charge in [-0.15, -0.1) is 5.10 Å². The molecule has 0 radical (unpaired) electrons. The second-order valence-corrected chi connectivity index (χ2v) is 9.29. The number of amides is 2. The molecule has 0 aliphatic carbocycles.